The van der Waals surface area contributed by atoms with Crippen molar-refractivity contribution in [3.8, 4) is 0 Å². The molecule has 0 bridgehead atoms. The third-order valence-electron chi connectivity index (χ3n) is 1.92. The zero-order valence-corrected chi connectivity index (χ0v) is 8.68. The van der Waals surface area contributed by atoms with Crippen molar-refractivity contribution in [1.29, 1.82) is 0 Å². The maximum absolute atomic E-state index is 10.7. The Balaban J connectivity index is 2.87. The molecule has 0 fully saturated rings. The molecule has 0 spiro atoms. The number of carbonyl (C=O) groups is 1. The Morgan fingerprint density at radius 1 is 1.73 bits per heavy atom. The molecule has 15 heavy (non-hydrogen) atoms. The molecule has 4 nitrogen and oxygen atoms in total. The van der Waals surface area contributed by atoms with Crippen molar-refractivity contribution in [2.45, 2.75) is 6.92 Å². The van der Waals surface area contributed by atoms with Crippen LogP contribution in [0, 0.1) is 6.92 Å². The number of aliphatic carboxylic acids is 1. The second kappa shape index (κ2) is 5.14. The van der Waals surface area contributed by atoms with E-state index in [1.807, 2.05) is 13.0 Å². The first-order valence-electron chi connectivity index (χ1n) is 4.64. The lowest BCUT2D eigenvalue weighted by atomic mass is 10.3. The van der Waals surface area contributed by atoms with E-state index >= 15 is 0 Å². The summed E-state index contributed by atoms with van der Waals surface area (Å²) in [5.74, 6) is -0.855. The Labute approximate surface area is 88.9 Å². The van der Waals surface area contributed by atoms with E-state index < -0.39 is 5.97 Å². The lowest BCUT2D eigenvalue weighted by Crippen LogP contribution is -2.29. The lowest BCUT2D eigenvalue weighted by Gasteiger charge is -2.21. The molecule has 80 valence electrons. The topological polar surface area (TPSA) is 53.4 Å². The van der Waals surface area contributed by atoms with E-state index in [-0.39, 0.29) is 6.54 Å². The summed E-state index contributed by atoms with van der Waals surface area (Å²) in [4.78, 5) is 16.4. The van der Waals surface area contributed by atoms with Gasteiger partial charge in [-0.05, 0) is 19.1 Å². The Morgan fingerprint density at radius 3 is 3.00 bits per heavy atom. The number of aryl methyl sites for hydroxylation is 1. The maximum Gasteiger partial charge on any atom is 0.323 e. The fraction of sp³-hybridized carbons (Fsp3) is 0.273. The summed E-state index contributed by atoms with van der Waals surface area (Å²) in [7, 11) is 0. The van der Waals surface area contributed by atoms with E-state index in [0.29, 0.717) is 6.54 Å². The van der Waals surface area contributed by atoms with Gasteiger partial charge in [-0.3, -0.25) is 9.78 Å². The van der Waals surface area contributed by atoms with Gasteiger partial charge in [0.2, 0.25) is 0 Å². The highest BCUT2D eigenvalue weighted by atomic mass is 16.4. The van der Waals surface area contributed by atoms with E-state index in [1.54, 1.807) is 23.2 Å². The first kappa shape index (κ1) is 11.2. The zero-order chi connectivity index (χ0) is 11.3. The summed E-state index contributed by atoms with van der Waals surface area (Å²) in [5.41, 5.74) is 1.72. The number of carboxylic acids is 1. The Morgan fingerprint density at radius 2 is 2.47 bits per heavy atom. The predicted molar refractivity (Wildman–Crippen MR) is 59.0 cm³/mol. The number of carboxylic acid groups (broad SMARTS) is 1. The van der Waals surface area contributed by atoms with Crippen molar-refractivity contribution in [1.82, 2.24) is 4.98 Å². The van der Waals surface area contributed by atoms with Gasteiger partial charge in [-0.2, -0.15) is 0 Å². The fourth-order valence-electron chi connectivity index (χ4n) is 1.31. The van der Waals surface area contributed by atoms with Crippen LogP contribution in [0.4, 0.5) is 5.69 Å². The first-order chi connectivity index (χ1) is 7.13. The fourth-order valence-corrected chi connectivity index (χ4v) is 1.31. The van der Waals surface area contributed by atoms with Gasteiger partial charge in [0, 0.05) is 24.1 Å². The van der Waals surface area contributed by atoms with Crippen LogP contribution in [-0.4, -0.2) is 29.1 Å². The molecule has 1 aromatic rings. The largest absolute Gasteiger partial charge is 0.480 e. The van der Waals surface area contributed by atoms with E-state index in [0.717, 1.165) is 11.4 Å². The van der Waals surface area contributed by atoms with Crippen molar-refractivity contribution < 1.29 is 9.90 Å². The third kappa shape index (κ3) is 3.42. The number of aromatic nitrogens is 1. The molecule has 0 unspecified atom stereocenters. The number of rotatable bonds is 5. The van der Waals surface area contributed by atoms with Gasteiger partial charge >= 0.3 is 5.97 Å². The van der Waals surface area contributed by atoms with Gasteiger partial charge < -0.3 is 10.0 Å². The minimum atomic E-state index is -0.855. The van der Waals surface area contributed by atoms with Crippen molar-refractivity contribution in [3.63, 3.8) is 0 Å². The number of anilines is 1. The van der Waals surface area contributed by atoms with Crippen molar-refractivity contribution in [3.05, 3.63) is 36.7 Å². The third-order valence-corrected chi connectivity index (χ3v) is 1.92. The molecule has 1 N–H and O–H groups in total. The van der Waals surface area contributed by atoms with Crippen LogP contribution in [-0.2, 0) is 4.79 Å². The number of hydrogen-bond acceptors (Lipinski definition) is 3. The SMILES string of the molecule is C=CCN(CC(=O)O)c1ccnc(C)c1. The molecule has 0 radical (unpaired) electrons. The van der Waals surface area contributed by atoms with Crippen LogP contribution in [0.2, 0.25) is 0 Å². The van der Waals surface area contributed by atoms with Gasteiger partial charge in [0.15, 0.2) is 0 Å². The quantitative estimate of drug-likeness (QED) is 0.741. The minimum absolute atomic E-state index is 0.0323. The standard InChI is InChI=1S/C11H14N2O2/c1-3-6-13(8-11(14)15)10-4-5-12-9(2)7-10/h3-5,7H,1,6,8H2,2H3,(H,14,15). The molecule has 1 heterocycles. The molecule has 1 aromatic heterocycles. The van der Waals surface area contributed by atoms with Crippen molar-refractivity contribution in [2.75, 3.05) is 18.0 Å². The highest BCUT2D eigenvalue weighted by Gasteiger charge is 2.08. The molecule has 0 saturated carbocycles. The van der Waals surface area contributed by atoms with Gasteiger partial charge in [-0.25, -0.2) is 0 Å². The van der Waals surface area contributed by atoms with Gasteiger partial charge in [0.1, 0.15) is 6.54 Å². The summed E-state index contributed by atoms with van der Waals surface area (Å²) in [5, 5.41) is 8.75. The summed E-state index contributed by atoms with van der Waals surface area (Å²) >= 11 is 0. The summed E-state index contributed by atoms with van der Waals surface area (Å²) in [6.45, 7) is 5.95. The Bertz CT molecular complexity index is 363. The molecule has 4 heteroatoms. The monoisotopic (exact) mass is 206 g/mol. The van der Waals surface area contributed by atoms with Crippen LogP contribution in [0.15, 0.2) is 31.0 Å². The van der Waals surface area contributed by atoms with Crippen LogP contribution in [0.5, 0.6) is 0 Å². The zero-order valence-electron chi connectivity index (χ0n) is 8.68. The average Bonchev–Trinajstić information content (AvgIpc) is 2.16. The highest BCUT2D eigenvalue weighted by Crippen LogP contribution is 2.13. The van der Waals surface area contributed by atoms with Crippen LogP contribution in [0.25, 0.3) is 0 Å². The summed E-state index contributed by atoms with van der Waals surface area (Å²) in [6, 6.07) is 3.64. The van der Waals surface area contributed by atoms with Gasteiger partial charge in [-0.1, -0.05) is 6.08 Å². The van der Waals surface area contributed by atoms with Gasteiger partial charge in [0.05, 0.1) is 0 Å². The normalized spacial score (nSPS) is 9.67. The van der Waals surface area contributed by atoms with Gasteiger partial charge in [0.25, 0.3) is 0 Å². The van der Waals surface area contributed by atoms with E-state index in [1.165, 1.54) is 0 Å². The second-order valence-electron chi connectivity index (χ2n) is 3.22. The van der Waals surface area contributed by atoms with Crippen LogP contribution in [0.3, 0.4) is 0 Å². The van der Waals surface area contributed by atoms with Crippen LogP contribution >= 0.6 is 0 Å². The number of pyridine rings is 1. The van der Waals surface area contributed by atoms with Gasteiger partial charge in [-0.15, -0.1) is 6.58 Å². The molecule has 1 rings (SSSR count). The van der Waals surface area contributed by atoms with E-state index in [4.69, 9.17) is 5.11 Å². The minimum Gasteiger partial charge on any atom is -0.480 e. The lowest BCUT2D eigenvalue weighted by molar-refractivity contribution is -0.135. The maximum atomic E-state index is 10.7. The summed E-state index contributed by atoms with van der Waals surface area (Å²) < 4.78 is 0. The second-order valence-corrected chi connectivity index (χ2v) is 3.22. The predicted octanol–water partition coefficient (Wildman–Crippen LogP) is 1.47. The highest BCUT2D eigenvalue weighted by molar-refractivity contribution is 5.73. The molecule has 0 amide bonds. The number of nitrogens with zero attached hydrogens (tertiary/aromatic N) is 2. The van der Waals surface area contributed by atoms with Crippen LogP contribution < -0.4 is 4.90 Å². The summed E-state index contributed by atoms with van der Waals surface area (Å²) in [6.07, 6.45) is 3.35. The molecule has 0 saturated heterocycles. The average molecular weight is 206 g/mol. The van der Waals surface area contributed by atoms with Crippen LogP contribution in [0.1, 0.15) is 5.69 Å². The van der Waals surface area contributed by atoms with E-state index in [2.05, 4.69) is 11.6 Å². The van der Waals surface area contributed by atoms with E-state index in [9.17, 15) is 4.79 Å². The van der Waals surface area contributed by atoms with Crippen molar-refractivity contribution >= 4 is 11.7 Å². The Kier molecular flexibility index (Phi) is 3.85. The smallest absolute Gasteiger partial charge is 0.323 e. The molecule has 0 aromatic carbocycles. The number of hydrogen-bond donors (Lipinski definition) is 1. The molecular weight excluding hydrogens is 192 g/mol. The molecular formula is C11H14N2O2. The Hall–Kier alpha value is -1.84. The molecule has 0 aliphatic rings. The van der Waals surface area contributed by atoms with Crippen molar-refractivity contribution in [2.24, 2.45) is 0 Å². The molecule has 0 aliphatic carbocycles. The molecule has 0 aliphatic heterocycles. The first-order valence-corrected chi connectivity index (χ1v) is 4.64. The molecule has 0 atom stereocenters.